The third-order valence-corrected chi connectivity index (χ3v) is 4.97. The fourth-order valence-electron chi connectivity index (χ4n) is 3.22. The highest BCUT2D eigenvalue weighted by molar-refractivity contribution is 6.30. The molecule has 3 aromatic rings. The first kappa shape index (κ1) is 20.1. The van der Waals surface area contributed by atoms with Crippen molar-refractivity contribution in [3.05, 3.63) is 82.4 Å². The van der Waals surface area contributed by atoms with Gasteiger partial charge in [-0.2, -0.15) is 0 Å². The molecule has 0 aliphatic carbocycles. The molecule has 2 amide bonds. The zero-order valence-corrected chi connectivity index (χ0v) is 17.1. The highest BCUT2D eigenvalue weighted by Gasteiger charge is 2.22. The van der Waals surface area contributed by atoms with Crippen molar-refractivity contribution >= 4 is 29.0 Å². The van der Waals surface area contributed by atoms with Crippen LogP contribution in [0.1, 0.15) is 22.8 Å². The number of aryl methyl sites for hydroxylation is 1. The summed E-state index contributed by atoms with van der Waals surface area (Å²) in [7, 11) is 0. The van der Waals surface area contributed by atoms with E-state index < -0.39 is 12.1 Å². The minimum Gasteiger partial charge on any atom is -0.486 e. The summed E-state index contributed by atoms with van der Waals surface area (Å²) in [5.74, 6) is 1.04. The van der Waals surface area contributed by atoms with E-state index in [0.29, 0.717) is 52.2 Å². The number of rotatable bonds is 4. The van der Waals surface area contributed by atoms with Crippen LogP contribution in [-0.2, 0) is 0 Å². The van der Waals surface area contributed by atoms with Crippen molar-refractivity contribution in [2.45, 2.75) is 13.0 Å². The van der Waals surface area contributed by atoms with Gasteiger partial charge in [-0.3, -0.25) is 0 Å². The van der Waals surface area contributed by atoms with Gasteiger partial charge < -0.3 is 25.2 Å². The Morgan fingerprint density at radius 2 is 1.70 bits per heavy atom. The quantitative estimate of drug-likeness (QED) is 0.541. The Morgan fingerprint density at radius 3 is 2.40 bits per heavy atom. The lowest BCUT2D eigenvalue weighted by atomic mass is 9.98. The van der Waals surface area contributed by atoms with E-state index in [-0.39, 0.29) is 0 Å². The van der Waals surface area contributed by atoms with Gasteiger partial charge in [-0.1, -0.05) is 47.5 Å². The summed E-state index contributed by atoms with van der Waals surface area (Å²) in [5.41, 5.74) is 3.28. The molecule has 1 aliphatic heterocycles. The Morgan fingerprint density at radius 1 is 1.00 bits per heavy atom. The number of benzene rings is 3. The van der Waals surface area contributed by atoms with Gasteiger partial charge in [0, 0.05) is 22.3 Å². The number of urea groups is 1. The molecule has 154 valence electrons. The van der Waals surface area contributed by atoms with Gasteiger partial charge >= 0.3 is 6.03 Å². The lowest BCUT2D eigenvalue weighted by Gasteiger charge is -2.23. The number of anilines is 2. The Balaban J connectivity index is 1.64. The predicted molar refractivity (Wildman–Crippen MR) is 117 cm³/mol. The van der Waals surface area contributed by atoms with E-state index in [4.69, 9.17) is 21.1 Å². The van der Waals surface area contributed by atoms with Gasteiger partial charge in [0.15, 0.2) is 11.5 Å². The van der Waals surface area contributed by atoms with E-state index in [0.717, 1.165) is 5.56 Å². The fraction of sp³-hybridized carbons (Fsp3) is 0.174. The second-order valence-electron chi connectivity index (χ2n) is 6.99. The molecule has 0 bridgehead atoms. The fourth-order valence-corrected chi connectivity index (χ4v) is 3.41. The van der Waals surface area contributed by atoms with Gasteiger partial charge in [0.05, 0.1) is 5.69 Å². The summed E-state index contributed by atoms with van der Waals surface area (Å²) in [5, 5.41) is 17.1. The first-order valence-electron chi connectivity index (χ1n) is 9.51. The summed E-state index contributed by atoms with van der Waals surface area (Å²) in [6.45, 7) is 2.82. The van der Waals surface area contributed by atoms with Gasteiger partial charge in [-0.25, -0.2) is 4.79 Å². The first-order valence-corrected chi connectivity index (χ1v) is 9.89. The summed E-state index contributed by atoms with van der Waals surface area (Å²) >= 11 is 5.98. The number of fused-ring (bicyclic) bond motifs is 1. The molecule has 0 unspecified atom stereocenters. The van der Waals surface area contributed by atoms with Crippen molar-refractivity contribution in [1.82, 2.24) is 0 Å². The van der Waals surface area contributed by atoms with Crippen molar-refractivity contribution in [1.29, 1.82) is 0 Å². The number of hydrogen-bond acceptors (Lipinski definition) is 4. The van der Waals surface area contributed by atoms with Crippen LogP contribution in [-0.4, -0.2) is 24.4 Å². The number of amides is 2. The molecular formula is C23H21ClN2O4. The summed E-state index contributed by atoms with van der Waals surface area (Å²) < 4.78 is 11.3. The van der Waals surface area contributed by atoms with Crippen molar-refractivity contribution < 1.29 is 19.4 Å². The van der Waals surface area contributed by atoms with Crippen molar-refractivity contribution in [2.24, 2.45) is 0 Å². The van der Waals surface area contributed by atoms with Crippen LogP contribution < -0.4 is 20.1 Å². The summed E-state index contributed by atoms with van der Waals surface area (Å²) in [4.78, 5) is 12.6. The van der Waals surface area contributed by atoms with Gasteiger partial charge in [-0.15, -0.1) is 0 Å². The molecule has 30 heavy (non-hydrogen) atoms. The highest BCUT2D eigenvalue weighted by atomic mass is 35.5. The zero-order chi connectivity index (χ0) is 21.1. The van der Waals surface area contributed by atoms with E-state index in [2.05, 4.69) is 10.6 Å². The third-order valence-electron chi connectivity index (χ3n) is 4.73. The topological polar surface area (TPSA) is 79.8 Å². The molecule has 1 aliphatic rings. The van der Waals surface area contributed by atoms with Crippen LogP contribution in [0.3, 0.4) is 0 Å². The number of ether oxygens (including phenoxy) is 2. The highest BCUT2D eigenvalue weighted by Crippen LogP contribution is 2.39. The van der Waals surface area contributed by atoms with Gasteiger partial charge in [0.1, 0.15) is 19.3 Å². The molecule has 0 aromatic heterocycles. The van der Waals surface area contributed by atoms with Crippen LogP contribution in [0.15, 0.2) is 60.7 Å². The number of nitrogens with one attached hydrogen (secondary N) is 2. The molecule has 4 rings (SSSR count). The molecule has 0 spiro atoms. The second-order valence-corrected chi connectivity index (χ2v) is 7.42. The van der Waals surface area contributed by atoms with Crippen LogP contribution in [0, 0.1) is 6.92 Å². The van der Waals surface area contributed by atoms with Crippen LogP contribution in [0.5, 0.6) is 11.5 Å². The molecular weight excluding hydrogens is 404 g/mol. The van der Waals surface area contributed by atoms with Gasteiger partial charge in [0.2, 0.25) is 0 Å². The van der Waals surface area contributed by atoms with E-state index in [1.165, 1.54) is 0 Å². The third kappa shape index (κ3) is 4.50. The molecule has 0 fully saturated rings. The number of aliphatic hydroxyl groups is 1. The monoisotopic (exact) mass is 424 g/mol. The van der Waals surface area contributed by atoms with E-state index in [1.807, 2.05) is 31.2 Å². The predicted octanol–water partition coefficient (Wildman–Crippen LogP) is 5.15. The normalized spacial score (nSPS) is 13.4. The number of carbonyl (C=O) groups is 1. The lowest BCUT2D eigenvalue weighted by Crippen LogP contribution is -2.22. The standard InChI is InChI=1S/C23H21ClN2O4/c1-14-5-7-15(8-6-14)22(27)18-12-20-21(30-10-9-29-20)13-19(18)26-23(28)25-17-4-2-3-16(24)11-17/h2-8,11-13,22,27H,9-10H2,1H3,(H2,25,26,28)/t22-/m0/s1. The van der Waals surface area contributed by atoms with Crippen molar-refractivity contribution in [3.63, 3.8) is 0 Å². The molecule has 1 heterocycles. The Bertz CT molecular complexity index is 1070. The first-order chi connectivity index (χ1) is 14.5. The van der Waals surface area contributed by atoms with Crippen LogP contribution in [0.4, 0.5) is 16.2 Å². The number of carbonyl (C=O) groups excluding carboxylic acids is 1. The maximum absolute atomic E-state index is 12.6. The molecule has 0 saturated heterocycles. The summed E-state index contributed by atoms with van der Waals surface area (Å²) in [6, 6.07) is 17.3. The smallest absolute Gasteiger partial charge is 0.323 e. The van der Waals surface area contributed by atoms with E-state index in [1.54, 1.807) is 36.4 Å². The maximum Gasteiger partial charge on any atom is 0.323 e. The number of halogens is 1. The van der Waals surface area contributed by atoms with Crippen molar-refractivity contribution in [3.8, 4) is 11.5 Å². The molecule has 7 heteroatoms. The van der Waals surface area contributed by atoms with Gasteiger partial charge in [0.25, 0.3) is 0 Å². The van der Waals surface area contributed by atoms with Crippen LogP contribution in [0.2, 0.25) is 5.02 Å². The minimum atomic E-state index is -0.956. The molecule has 0 saturated carbocycles. The van der Waals surface area contributed by atoms with E-state index >= 15 is 0 Å². The average Bonchev–Trinajstić information content (AvgIpc) is 2.73. The Labute approximate surface area is 179 Å². The van der Waals surface area contributed by atoms with Gasteiger partial charge in [-0.05, 0) is 36.8 Å². The summed E-state index contributed by atoms with van der Waals surface area (Å²) in [6.07, 6.45) is -0.956. The number of aliphatic hydroxyl groups excluding tert-OH is 1. The zero-order valence-electron chi connectivity index (χ0n) is 16.3. The Kier molecular flexibility index (Phi) is 5.79. The maximum atomic E-state index is 12.6. The minimum absolute atomic E-state index is 0.418. The second kappa shape index (κ2) is 8.65. The number of hydrogen-bond donors (Lipinski definition) is 3. The molecule has 3 aromatic carbocycles. The molecule has 1 atom stereocenters. The Hall–Kier alpha value is -3.22. The van der Waals surface area contributed by atoms with E-state index in [9.17, 15) is 9.90 Å². The van der Waals surface area contributed by atoms with Crippen LogP contribution in [0.25, 0.3) is 0 Å². The lowest BCUT2D eigenvalue weighted by molar-refractivity contribution is 0.170. The molecule has 0 radical (unpaired) electrons. The molecule has 3 N–H and O–H groups in total. The van der Waals surface area contributed by atoms with Crippen molar-refractivity contribution in [2.75, 3.05) is 23.8 Å². The SMILES string of the molecule is Cc1ccc([C@H](O)c2cc3c(cc2NC(=O)Nc2cccc(Cl)c2)OCCO3)cc1. The van der Waals surface area contributed by atoms with Crippen LogP contribution >= 0.6 is 11.6 Å². The average molecular weight is 425 g/mol. The molecule has 6 nitrogen and oxygen atoms in total. The largest absolute Gasteiger partial charge is 0.486 e.